The molecular formula is C15H10F3NO2S2. The zero-order chi connectivity index (χ0) is 16.7. The maximum absolute atomic E-state index is 13.9. The summed E-state index contributed by atoms with van der Waals surface area (Å²) >= 11 is 1.34. The summed E-state index contributed by atoms with van der Waals surface area (Å²) in [7, 11) is 0. The van der Waals surface area contributed by atoms with Crippen LogP contribution in [-0.2, 0) is 0 Å². The molecule has 2 heterocycles. The number of carbonyl (C=O) groups is 1. The fourth-order valence-corrected chi connectivity index (χ4v) is 4.00. The van der Waals surface area contributed by atoms with Crippen molar-refractivity contribution < 1.29 is 23.1 Å². The quantitative estimate of drug-likeness (QED) is 0.681. The molecule has 0 atom stereocenters. The van der Waals surface area contributed by atoms with Gasteiger partial charge in [-0.2, -0.15) is 8.78 Å². The summed E-state index contributed by atoms with van der Waals surface area (Å²) in [5, 5.41) is 9.55. The molecule has 3 nitrogen and oxygen atoms in total. The molecule has 0 saturated carbocycles. The molecular weight excluding hydrogens is 347 g/mol. The number of thiophene rings is 1. The summed E-state index contributed by atoms with van der Waals surface area (Å²) in [6.07, 6.45) is 0. The number of phenols is 1. The third-order valence-electron chi connectivity index (χ3n) is 3.28. The lowest BCUT2D eigenvalue weighted by molar-refractivity contribution is 0.0967. The molecule has 3 rings (SSSR count). The molecule has 0 spiro atoms. The first-order valence-corrected chi connectivity index (χ1v) is 8.17. The number of hydrogen-bond donors (Lipinski definition) is 1. The molecule has 0 amide bonds. The van der Waals surface area contributed by atoms with Gasteiger partial charge in [-0.15, -0.1) is 11.3 Å². The number of hydrogen-bond acceptors (Lipinski definition) is 4. The average molecular weight is 357 g/mol. The summed E-state index contributed by atoms with van der Waals surface area (Å²) in [6, 6.07) is 7.01. The van der Waals surface area contributed by atoms with Crippen LogP contribution in [-0.4, -0.2) is 21.3 Å². The molecule has 0 aliphatic carbocycles. The lowest BCUT2D eigenvalue weighted by Gasteiger charge is -2.05. The highest BCUT2D eigenvalue weighted by atomic mass is 32.2. The number of aromatic hydroxyl groups is 1. The molecule has 0 saturated heterocycles. The predicted molar refractivity (Wildman–Crippen MR) is 84.2 cm³/mol. The number of aryl methyl sites for hydroxylation is 1. The van der Waals surface area contributed by atoms with Gasteiger partial charge < -0.3 is 5.11 Å². The van der Waals surface area contributed by atoms with E-state index in [0.29, 0.717) is 27.2 Å². The SMILES string of the molecule is Cc1cc2c(F)c(O)ccc2n1C(=O)c1ccc(SC(F)F)s1. The first-order valence-electron chi connectivity index (χ1n) is 6.47. The molecule has 0 aliphatic rings. The molecule has 0 fully saturated rings. The molecule has 0 bridgehead atoms. The second-order valence-corrected chi connectivity index (χ2v) is 7.13. The minimum Gasteiger partial charge on any atom is -0.505 e. The molecule has 2 aromatic heterocycles. The van der Waals surface area contributed by atoms with Crippen LogP contribution in [0.5, 0.6) is 5.75 Å². The van der Waals surface area contributed by atoms with Crippen LogP contribution in [0.3, 0.4) is 0 Å². The van der Waals surface area contributed by atoms with Gasteiger partial charge in [-0.25, -0.2) is 4.39 Å². The highest BCUT2D eigenvalue weighted by Gasteiger charge is 2.20. The van der Waals surface area contributed by atoms with Crippen molar-refractivity contribution >= 4 is 39.9 Å². The van der Waals surface area contributed by atoms with Crippen LogP contribution in [0.1, 0.15) is 15.4 Å². The van der Waals surface area contributed by atoms with Gasteiger partial charge >= 0.3 is 0 Å². The minimum absolute atomic E-state index is 0.134. The summed E-state index contributed by atoms with van der Waals surface area (Å²) in [4.78, 5) is 12.9. The Morgan fingerprint density at radius 1 is 1.30 bits per heavy atom. The van der Waals surface area contributed by atoms with E-state index in [4.69, 9.17) is 0 Å². The first-order chi connectivity index (χ1) is 10.9. The van der Waals surface area contributed by atoms with Gasteiger partial charge in [0.25, 0.3) is 11.7 Å². The molecule has 120 valence electrons. The van der Waals surface area contributed by atoms with Gasteiger partial charge in [0, 0.05) is 11.1 Å². The summed E-state index contributed by atoms with van der Waals surface area (Å²) in [5.74, 6) is -4.26. The van der Waals surface area contributed by atoms with Gasteiger partial charge in [0.1, 0.15) is 0 Å². The molecule has 8 heteroatoms. The van der Waals surface area contributed by atoms with Crippen molar-refractivity contribution in [2.24, 2.45) is 0 Å². The van der Waals surface area contributed by atoms with Crippen LogP contribution < -0.4 is 0 Å². The predicted octanol–water partition coefficient (Wildman–Crippen LogP) is 4.86. The first kappa shape index (κ1) is 15.9. The molecule has 0 radical (unpaired) electrons. The summed E-state index contributed by atoms with van der Waals surface area (Å²) < 4.78 is 40.3. The van der Waals surface area contributed by atoms with Gasteiger partial charge in [-0.05, 0) is 49.0 Å². The number of carbonyl (C=O) groups excluding carboxylic acids is 1. The number of thioether (sulfide) groups is 1. The van der Waals surface area contributed by atoms with E-state index in [0.717, 1.165) is 11.3 Å². The molecule has 3 aromatic rings. The van der Waals surface area contributed by atoms with Crippen molar-refractivity contribution in [3.63, 3.8) is 0 Å². The number of benzene rings is 1. The fourth-order valence-electron chi connectivity index (χ4n) is 2.33. The molecule has 1 N–H and O–H groups in total. The highest BCUT2D eigenvalue weighted by Crippen LogP contribution is 2.34. The Morgan fingerprint density at radius 3 is 2.74 bits per heavy atom. The number of phenolic OH excluding ortho intramolecular Hbond substituents is 1. The van der Waals surface area contributed by atoms with Gasteiger partial charge in [0.15, 0.2) is 11.6 Å². The number of nitrogens with zero attached hydrogens (tertiary/aromatic N) is 1. The standard InChI is InChI=1S/C15H10F3NO2S2/c1-7-6-8-9(2-3-10(20)13(8)16)19(7)14(21)11-4-5-12(22-11)23-15(17)18/h2-6,15,20H,1H3. The van der Waals surface area contributed by atoms with Crippen molar-refractivity contribution in [3.05, 3.63) is 46.7 Å². The highest BCUT2D eigenvalue weighted by molar-refractivity contribution is 8.01. The normalized spacial score (nSPS) is 11.5. The van der Waals surface area contributed by atoms with Crippen LogP contribution in [0.25, 0.3) is 10.9 Å². The second kappa shape index (κ2) is 5.93. The zero-order valence-electron chi connectivity index (χ0n) is 11.7. The van der Waals surface area contributed by atoms with E-state index < -0.39 is 23.2 Å². The molecule has 23 heavy (non-hydrogen) atoms. The topological polar surface area (TPSA) is 42.2 Å². The Balaban J connectivity index is 2.06. The van der Waals surface area contributed by atoms with E-state index in [1.807, 2.05) is 0 Å². The molecule has 1 aromatic carbocycles. The summed E-state index contributed by atoms with van der Waals surface area (Å²) in [6.45, 7) is 1.64. The third-order valence-corrected chi connectivity index (χ3v) is 5.24. The van der Waals surface area contributed by atoms with E-state index in [-0.39, 0.29) is 10.3 Å². The van der Waals surface area contributed by atoms with Crippen molar-refractivity contribution in [2.45, 2.75) is 16.9 Å². The monoisotopic (exact) mass is 357 g/mol. The fraction of sp³-hybridized carbons (Fsp3) is 0.133. The van der Waals surface area contributed by atoms with Gasteiger partial charge in [0.2, 0.25) is 0 Å². The maximum Gasteiger partial charge on any atom is 0.289 e. The van der Waals surface area contributed by atoms with Crippen LogP contribution in [0.4, 0.5) is 13.2 Å². The van der Waals surface area contributed by atoms with Gasteiger partial charge in [-0.1, -0.05) is 0 Å². The van der Waals surface area contributed by atoms with Crippen molar-refractivity contribution in [1.82, 2.24) is 4.57 Å². The van der Waals surface area contributed by atoms with Crippen molar-refractivity contribution in [2.75, 3.05) is 0 Å². The van der Waals surface area contributed by atoms with E-state index in [1.54, 1.807) is 6.92 Å². The van der Waals surface area contributed by atoms with Crippen molar-refractivity contribution in [1.29, 1.82) is 0 Å². The second-order valence-electron chi connectivity index (χ2n) is 4.75. The van der Waals surface area contributed by atoms with E-state index in [2.05, 4.69) is 0 Å². The Kier molecular flexibility index (Phi) is 4.11. The largest absolute Gasteiger partial charge is 0.505 e. The summed E-state index contributed by atoms with van der Waals surface area (Å²) in [5.41, 5.74) is 0.810. The molecule has 0 aliphatic heterocycles. The van der Waals surface area contributed by atoms with Crippen LogP contribution in [0.15, 0.2) is 34.5 Å². The average Bonchev–Trinajstić information content (AvgIpc) is 3.06. The van der Waals surface area contributed by atoms with Crippen LogP contribution in [0, 0.1) is 12.7 Å². The smallest absolute Gasteiger partial charge is 0.289 e. The lowest BCUT2D eigenvalue weighted by atomic mass is 10.2. The Labute approximate surface area is 137 Å². The van der Waals surface area contributed by atoms with Gasteiger partial charge in [0.05, 0.1) is 14.6 Å². The number of aromatic nitrogens is 1. The van der Waals surface area contributed by atoms with Crippen molar-refractivity contribution in [3.8, 4) is 5.75 Å². The Morgan fingerprint density at radius 2 is 2.04 bits per heavy atom. The maximum atomic E-state index is 13.9. The van der Waals surface area contributed by atoms with Gasteiger partial charge in [-0.3, -0.25) is 9.36 Å². The number of halogens is 3. The van der Waals surface area contributed by atoms with E-state index >= 15 is 0 Å². The number of fused-ring (bicyclic) bond motifs is 1. The van der Waals surface area contributed by atoms with E-state index in [9.17, 15) is 23.1 Å². The number of rotatable bonds is 3. The van der Waals surface area contributed by atoms with E-state index in [1.165, 1.54) is 34.9 Å². The zero-order valence-corrected chi connectivity index (χ0v) is 13.4. The third kappa shape index (κ3) is 2.84. The Hall–Kier alpha value is -1.93. The Bertz CT molecular complexity index is 902. The molecule has 0 unspecified atom stereocenters. The lowest BCUT2D eigenvalue weighted by Crippen LogP contribution is -2.11. The minimum atomic E-state index is -2.55. The van der Waals surface area contributed by atoms with Crippen LogP contribution in [0.2, 0.25) is 0 Å². The van der Waals surface area contributed by atoms with Crippen LogP contribution >= 0.6 is 23.1 Å². The number of alkyl halides is 2.